The number of benzene rings is 2. The first kappa shape index (κ1) is 34.9. The van der Waals surface area contributed by atoms with E-state index >= 15 is 0 Å². The number of ether oxygens (including phenoxy) is 1. The van der Waals surface area contributed by atoms with Crippen LogP contribution in [-0.4, -0.2) is 91.0 Å². The molecule has 0 radical (unpaired) electrons. The van der Waals surface area contributed by atoms with Crippen LogP contribution in [0.3, 0.4) is 0 Å². The van der Waals surface area contributed by atoms with Gasteiger partial charge in [0.25, 0.3) is 5.91 Å². The summed E-state index contributed by atoms with van der Waals surface area (Å²) >= 11 is 0. The summed E-state index contributed by atoms with van der Waals surface area (Å²) in [6, 6.07) is 13.4. The molecule has 2 aliphatic rings. The number of rotatable bonds is 15. The smallest absolute Gasteiger partial charge is 0.252 e. The molecule has 2 aliphatic heterocycles. The van der Waals surface area contributed by atoms with Crippen LogP contribution in [0.1, 0.15) is 64.5 Å². The number of carbonyl (C=O) groups excluding carboxylic acids is 2. The fourth-order valence-electron chi connectivity index (χ4n) is 5.92. The summed E-state index contributed by atoms with van der Waals surface area (Å²) in [6.45, 7) is 10.1. The lowest BCUT2D eigenvalue weighted by atomic mass is 9.98. The van der Waals surface area contributed by atoms with Crippen LogP contribution in [0.2, 0.25) is 0 Å². The first-order valence-corrected chi connectivity index (χ1v) is 17.7. The van der Waals surface area contributed by atoms with Gasteiger partial charge in [-0.05, 0) is 73.5 Å². The molecule has 45 heavy (non-hydrogen) atoms. The molecule has 11 heteroatoms. The molecule has 0 saturated carbocycles. The summed E-state index contributed by atoms with van der Waals surface area (Å²) in [5, 5.41) is 13.2. The third-order valence-electron chi connectivity index (χ3n) is 8.62. The van der Waals surface area contributed by atoms with Crippen molar-refractivity contribution < 1.29 is 27.9 Å². The van der Waals surface area contributed by atoms with E-state index in [0.29, 0.717) is 18.8 Å². The Hall–Kier alpha value is -2.99. The second kappa shape index (κ2) is 16.0. The highest BCUT2D eigenvalue weighted by atomic mass is 32.2. The van der Waals surface area contributed by atoms with Gasteiger partial charge in [-0.2, -0.15) is 4.31 Å². The fourth-order valence-corrected chi connectivity index (χ4v) is 7.59. The van der Waals surface area contributed by atoms with Crippen molar-refractivity contribution in [3.8, 4) is 5.75 Å². The number of likely N-dealkylation sites (tertiary alicyclic amines) is 1. The van der Waals surface area contributed by atoms with Crippen molar-refractivity contribution in [1.29, 1.82) is 0 Å². The second-order valence-corrected chi connectivity index (χ2v) is 14.8. The summed E-state index contributed by atoms with van der Waals surface area (Å²) in [4.78, 5) is 29.4. The maximum atomic E-state index is 14.1. The van der Waals surface area contributed by atoms with E-state index in [1.807, 2.05) is 62.9 Å². The standard InChI is InChI=1S/C34H50N4O6S/c1-5-26(4)19-34(41)38(35-33(40)24-36-16-9-10-17-36)30(20-27-11-7-6-8-12-27)31(39)23-37(22-25(2)3)45(42,43)29-13-14-32-28(21-29)15-18-44-32/h6-8,11-14,21,25-26,30-31,39H,5,9-10,15-20,22-24H2,1-4H3,(H,35,40)/t26-,30-,31+/m0/s1. The third kappa shape index (κ3) is 9.51. The summed E-state index contributed by atoms with van der Waals surface area (Å²) < 4.78 is 35.0. The van der Waals surface area contributed by atoms with Gasteiger partial charge in [0, 0.05) is 25.9 Å². The Kier molecular flexibility index (Phi) is 12.4. The number of sulfonamides is 1. The van der Waals surface area contributed by atoms with Gasteiger partial charge in [-0.1, -0.05) is 64.4 Å². The highest BCUT2D eigenvalue weighted by Crippen LogP contribution is 2.29. The molecular weight excluding hydrogens is 592 g/mol. The first-order valence-electron chi connectivity index (χ1n) is 16.3. The van der Waals surface area contributed by atoms with Crippen molar-refractivity contribution in [3.05, 3.63) is 59.7 Å². The van der Waals surface area contributed by atoms with Gasteiger partial charge in [0.1, 0.15) is 5.75 Å². The summed E-state index contributed by atoms with van der Waals surface area (Å²) in [5.74, 6) is 0.0855. The van der Waals surface area contributed by atoms with Crippen LogP contribution in [0.15, 0.2) is 53.4 Å². The SMILES string of the molecule is CC[C@H](C)CC(=O)N(NC(=O)CN1CCCC1)[C@@H](Cc1ccccc1)[C@H](O)CN(CC(C)C)S(=O)(=O)c1ccc2c(c1)CCO2. The number of hydrogen-bond acceptors (Lipinski definition) is 7. The predicted octanol–water partition coefficient (Wildman–Crippen LogP) is 3.63. The molecule has 248 valence electrons. The molecule has 0 spiro atoms. The van der Waals surface area contributed by atoms with Gasteiger partial charge in [0.05, 0.1) is 30.2 Å². The molecule has 0 aliphatic carbocycles. The minimum atomic E-state index is -4.01. The Morgan fingerprint density at radius 1 is 1.04 bits per heavy atom. The number of carbonyl (C=O) groups is 2. The molecule has 2 amide bonds. The van der Waals surface area contributed by atoms with Crippen LogP contribution in [-0.2, 0) is 32.5 Å². The lowest BCUT2D eigenvalue weighted by Gasteiger charge is -2.37. The molecule has 2 N–H and O–H groups in total. The van der Waals surface area contributed by atoms with Crippen molar-refractivity contribution >= 4 is 21.8 Å². The van der Waals surface area contributed by atoms with Crippen LogP contribution in [0.4, 0.5) is 0 Å². The van der Waals surface area contributed by atoms with Gasteiger partial charge in [0.2, 0.25) is 15.9 Å². The molecule has 3 atom stereocenters. The number of aliphatic hydroxyl groups excluding tert-OH is 1. The Morgan fingerprint density at radius 3 is 2.42 bits per heavy atom. The zero-order chi connectivity index (χ0) is 32.6. The van der Waals surface area contributed by atoms with Gasteiger partial charge < -0.3 is 9.84 Å². The highest BCUT2D eigenvalue weighted by molar-refractivity contribution is 7.89. The average molecular weight is 643 g/mol. The van der Waals surface area contributed by atoms with Crippen LogP contribution in [0.25, 0.3) is 0 Å². The Labute approximate surface area is 268 Å². The van der Waals surface area contributed by atoms with Gasteiger partial charge in [0.15, 0.2) is 0 Å². The van der Waals surface area contributed by atoms with E-state index in [1.54, 1.807) is 18.2 Å². The number of nitrogens with zero attached hydrogens (tertiary/aromatic N) is 3. The van der Waals surface area contributed by atoms with E-state index in [4.69, 9.17) is 4.74 Å². The largest absolute Gasteiger partial charge is 0.493 e. The molecule has 2 heterocycles. The van der Waals surface area contributed by atoms with E-state index in [0.717, 1.165) is 43.5 Å². The zero-order valence-corrected chi connectivity index (χ0v) is 28.0. The van der Waals surface area contributed by atoms with Gasteiger partial charge in [-0.15, -0.1) is 0 Å². The lowest BCUT2D eigenvalue weighted by molar-refractivity contribution is -0.149. The maximum Gasteiger partial charge on any atom is 0.252 e. The van der Waals surface area contributed by atoms with Crippen LogP contribution in [0.5, 0.6) is 5.75 Å². The number of fused-ring (bicyclic) bond motifs is 1. The molecule has 0 unspecified atom stereocenters. The maximum absolute atomic E-state index is 14.1. The molecule has 0 aromatic heterocycles. The zero-order valence-electron chi connectivity index (χ0n) is 27.2. The van der Waals surface area contributed by atoms with E-state index in [9.17, 15) is 23.1 Å². The van der Waals surface area contributed by atoms with E-state index in [-0.39, 0.29) is 61.0 Å². The summed E-state index contributed by atoms with van der Waals surface area (Å²) in [6.07, 6.45) is 2.57. The van der Waals surface area contributed by atoms with Gasteiger partial charge >= 0.3 is 0 Å². The minimum Gasteiger partial charge on any atom is -0.493 e. The molecule has 0 bridgehead atoms. The Morgan fingerprint density at radius 2 is 1.76 bits per heavy atom. The molecule has 4 rings (SSSR count). The van der Waals surface area contributed by atoms with E-state index < -0.39 is 22.2 Å². The predicted molar refractivity (Wildman–Crippen MR) is 174 cm³/mol. The highest BCUT2D eigenvalue weighted by Gasteiger charge is 2.37. The topological polar surface area (TPSA) is 119 Å². The number of aliphatic hydroxyl groups is 1. The second-order valence-electron chi connectivity index (χ2n) is 12.9. The van der Waals surface area contributed by atoms with Crippen LogP contribution >= 0.6 is 0 Å². The Balaban J connectivity index is 1.66. The van der Waals surface area contributed by atoms with Crippen molar-refractivity contribution in [2.24, 2.45) is 11.8 Å². The lowest BCUT2D eigenvalue weighted by Crippen LogP contribution is -2.60. The fraction of sp³-hybridized carbons (Fsp3) is 0.588. The normalized spacial score (nSPS) is 17.1. The number of nitrogens with one attached hydrogen (secondary N) is 1. The third-order valence-corrected chi connectivity index (χ3v) is 10.4. The molecule has 1 fully saturated rings. The molecule has 2 aromatic rings. The van der Waals surface area contributed by atoms with Crippen molar-refractivity contribution in [2.75, 3.05) is 39.3 Å². The first-order chi connectivity index (χ1) is 21.5. The molecule has 2 aromatic carbocycles. The van der Waals surface area contributed by atoms with Gasteiger partial charge in [-0.3, -0.25) is 19.9 Å². The molecule has 10 nitrogen and oxygen atoms in total. The summed E-state index contributed by atoms with van der Waals surface area (Å²) in [7, 11) is -4.01. The quantitative estimate of drug-likeness (QED) is 0.285. The number of hydrogen-bond donors (Lipinski definition) is 2. The number of hydrazine groups is 1. The monoisotopic (exact) mass is 642 g/mol. The van der Waals surface area contributed by atoms with Gasteiger partial charge in [-0.25, -0.2) is 13.4 Å². The Bertz CT molecular complexity index is 1380. The van der Waals surface area contributed by atoms with Crippen molar-refractivity contribution in [3.63, 3.8) is 0 Å². The van der Waals surface area contributed by atoms with E-state index in [1.165, 1.54) is 9.31 Å². The minimum absolute atomic E-state index is 0.0272. The molecular formula is C34H50N4O6S. The van der Waals surface area contributed by atoms with Crippen LogP contribution < -0.4 is 10.2 Å². The van der Waals surface area contributed by atoms with Crippen molar-refractivity contribution in [2.45, 2.75) is 83.3 Å². The average Bonchev–Trinajstić information content (AvgIpc) is 3.70. The van der Waals surface area contributed by atoms with Crippen LogP contribution in [0, 0.1) is 11.8 Å². The van der Waals surface area contributed by atoms with Crippen molar-refractivity contribution in [1.82, 2.24) is 19.6 Å². The van der Waals surface area contributed by atoms with E-state index in [2.05, 4.69) is 5.43 Å². The molecule has 1 saturated heterocycles. The number of amides is 2. The summed E-state index contributed by atoms with van der Waals surface area (Å²) in [5.41, 5.74) is 4.54.